The first-order chi connectivity index (χ1) is 9.20. The van der Waals surface area contributed by atoms with Gasteiger partial charge in [-0.05, 0) is 18.1 Å². The van der Waals surface area contributed by atoms with E-state index < -0.39 is 0 Å². The number of nitrogens with zero attached hydrogens (tertiary/aromatic N) is 1. The minimum Gasteiger partial charge on any atom is -0.356 e. The van der Waals surface area contributed by atoms with E-state index in [1.165, 1.54) is 6.92 Å². The number of pyridine rings is 1. The van der Waals surface area contributed by atoms with Crippen LogP contribution in [0.15, 0.2) is 24.5 Å². The van der Waals surface area contributed by atoms with Crippen molar-refractivity contribution in [2.24, 2.45) is 0 Å². The van der Waals surface area contributed by atoms with E-state index in [4.69, 9.17) is 0 Å². The second-order valence-corrected chi connectivity index (χ2v) is 4.20. The molecular formula is C14H15N3O2. The highest BCUT2D eigenvalue weighted by Gasteiger charge is 2.03. The minimum atomic E-state index is -0.0283. The summed E-state index contributed by atoms with van der Waals surface area (Å²) in [4.78, 5) is 28.7. The molecular weight excluding hydrogens is 242 g/mol. The van der Waals surface area contributed by atoms with Crippen molar-refractivity contribution < 1.29 is 9.59 Å². The predicted octanol–water partition coefficient (Wildman–Crippen LogP) is 1.91. The Labute approximate surface area is 110 Å². The molecule has 2 aromatic rings. The van der Waals surface area contributed by atoms with Gasteiger partial charge in [-0.2, -0.15) is 0 Å². The van der Waals surface area contributed by atoms with E-state index in [1.807, 2.05) is 18.2 Å². The van der Waals surface area contributed by atoms with Crippen molar-refractivity contribution in [1.82, 2.24) is 15.3 Å². The smallest absolute Gasteiger partial charge is 0.216 e. The summed E-state index contributed by atoms with van der Waals surface area (Å²) in [6.07, 6.45) is 8.84. The quantitative estimate of drug-likeness (QED) is 0.634. The van der Waals surface area contributed by atoms with E-state index in [0.29, 0.717) is 17.8 Å². The van der Waals surface area contributed by atoms with Gasteiger partial charge in [-0.15, -0.1) is 0 Å². The number of hydrogen-bond acceptors (Lipinski definition) is 3. The van der Waals surface area contributed by atoms with Gasteiger partial charge >= 0.3 is 0 Å². The maximum absolute atomic E-state index is 10.8. The standard InChI is InChI=1S/C14H15N3O2/c1-10(19)15-5-3-2-4-11-6-13-12(9-18)8-17-14(13)16-7-11/h2,4,6-9H,3,5H2,1H3,(H,15,19)(H,16,17). The molecule has 5 nitrogen and oxygen atoms in total. The summed E-state index contributed by atoms with van der Waals surface area (Å²) in [5, 5.41) is 3.54. The molecule has 19 heavy (non-hydrogen) atoms. The van der Waals surface area contributed by atoms with E-state index in [9.17, 15) is 9.59 Å². The van der Waals surface area contributed by atoms with Crippen molar-refractivity contribution in [3.05, 3.63) is 35.7 Å². The third-order valence-corrected chi connectivity index (χ3v) is 2.71. The number of aromatic nitrogens is 2. The molecule has 0 aliphatic rings. The summed E-state index contributed by atoms with van der Waals surface area (Å²) in [7, 11) is 0. The van der Waals surface area contributed by atoms with Gasteiger partial charge in [-0.3, -0.25) is 9.59 Å². The first kappa shape index (κ1) is 13.0. The number of H-pyrrole nitrogens is 1. The van der Waals surface area contributed by atoms with Gasteiger partial charge in [0.25, 0.3) is 0 Å². The summed E-state index contributed by atoms with van der Waals surface area (Å²) >= 11 is 0. The topological polar surface area (TPSA) is 74.8 Å². The van der Waals surface area contributed by atoms with Crippen molar-refractivity contribution in [3.63, 3.8) is 0 Å². The Morgan fingerprint density at radius 1 is 1.53 bits per heavy atom. The normalized spacial score (nSPS) is 11.0. The molecule has 0 saturated carbocycles. The van der Waals surface area contributed by atoms with E-state index in [-0.39, 0.29) is 5.91 Å². The van der Waals surface area contributed by atoms with Crippen molar-refractivity contribution in [1.29, 1.82) is 0 Å². The summed E-state index contributed by atoms with van der Waals surface area (Å²) in [5.74, 6) is -0.0283. The molecule has 2 rings (SSSR count). The van der Waals surface area contributed by atoms with Crippen LogP contribution in [0.1, 0.15) is 29.3 Å². The number of rotatable bonds is 5. The first-order valence-electron chi connectivity index (χ1n) is 6.04. The molecule has 0 spiro atoms. The molecule has 0 atom stereocenters. The number of aromatic amines is 1. The average Bonchev–Trinajstić information content (AvgIpc) is 2.80. The summed E-state index contributed by atoms with van der Waals surface area (Å²) in [6.45, 7) is 2.11. The number of hydrogen-bond donors (Lipinski definition) is 2. The zero-order valence-electron chi connectivity index (χ0n) is 10.6. The SMILES string of the molecule is CC(=O)NCCC=Cc1cnc2[nH]cc(C=O)c2c1. The van der Waals surface area contributed by atoms with Crippen LogP contribution in [0.5, 0.6) is 0 Å². The minimum absolute atomic E-state index is 0.0283. The molecule has 2 aromatic heterocycles. The summed E-state index contributed by atoms with van der Waals surface area (Å²) in [5.41, 5.74) is 2.24. The molecule has 0 aliphatic carbocycles. The van der Waals surface area contributed by atoms with Gasteiger partial charge in [0, 0.05) is 36.8 Å². The third kappa shape index (κ3) is 3.28. The fourth-order valence-electron chi connectivity index (χ4n) is 1.78. The highest BCUT2D eigenvalue weighted by Crippen LogP contribution is 2.16. The molecule has 0 aliphatic heterocycles. The summed E-state index contributed by atoms with van der Waals surface area (Å²) in [6, 6.07) is 1.91. The predicted molar refractivity (Wildman–Crippen MR) is 73.8 cm³/mol. The Kier molecular flexibility index (Phi) is 4.07. The van der Waals surface area contributed by atoms with Gasteiger partial charge in [0.15, 0.2) is 6.29 Å². The summed E-state index contributed by atoms with van der Waals surface area (Å²) < 4.78 is 0. The molecule has 98 valence electrons. The van der Waals surface area contributed by atoms with Gasteiger partial charge in [-0.1, -0.05) is 12.2 Å². The molecule has 0 aromatic carbocycles. The number of amides is 1. The fourth-order valence-corrected chi connectivity index (χ4v) is 1.78. The van der Waals surface area contributed by atoms with Gasteiger partial charge in [0.2, 0.25) is 5.91 Å². The van der Waals surface area contributed by atoms with Crippen LogP contribution in [-0.4, -0.2) is 28.7 Å². The van der Waals surface area contributed by atoms with Crippen molar-refractivity contribution in [3.8, 4) is 0 Å². The van der Waals surface area contributed by atoms with Gasteiger partial charge in [0.1, 0.15) is 5.65 Å². The van der Waals surface area contributed by atoms with Crippen LogP contribution in [0.3, 0.4) is 0 Å². The molecule has 0 radical (unpaired) electrons. The lowest BCUT2D eigenvalue weighted by Gasteiger charge is -1.97. The lowest BCUT2D eigenvalue weighted by molar-refractivity contribution is -0.118. The Bertz CT molecular complexity index is 629. The molecule has 1 amide bonds. The second-order valence-electron chi connectivity index (χ2n) is 4.20. The molecule has 0 fully saturated rings. The highest BCUT2D eigenvalue weighted by molar-refractivity contribution is 5.96. The number of carbonyl (C=O) groups excluding carboxylic acids is 2. The molecule has 2 heterocycles. The van der Waals surface area contributed by atoms with Crippen molar-refractivity contribution >= 4 is 29.3 Å². The monoisotopic (exact) mass is 257 g/mol. The average molecular weight is 257 g/mol. The molecule has 0 unspecified atom stereocenters. The molecule has 5 heteroatoms. The van der Waals surface area contributed by atoms with E-state index in [2.05, 4.69) is 15.3 Å². The van der Waals surface area contributed by atoms with Gasteiger partial charge in [0.05, 0.1) is 0 Å². The second kappa shape index (κ2) is 5.95. The molecule has 0 bridgehead atoms. The zero-order valence-corrected chi connectivity index (χ0v) is 10.6. The number of carbonyl (C=O) groups is 2. The molecule has 0 saturated heterocycles. The number of aldehydes is 1. The van der Waals surface area contributed by atoms with Crippen LogP contribution in [0, 0.1) is 0 Å². The Balaban J connectivity index is 2.06. The Morgan fingerprint density at radius 3 is 3.11 bits per heavy atom. The maximum atomic E-state index is 10.8. The molecule has 2 N–H and O–H groups in total. The Morgan fingerprint density at radius 2 is 2.37 bits per heavy atom. The van der Waals surface area contributed by atoms with Crippen molar-refractivity contribution in [2.75, 3.05) is 6.54 Å². The van der Waals surface area contributed by atoms with Crippen LogP contribution in [-0.2, 0) is 4.79 Å². The third-order valence-electron chi connectivity index (χ3n) is 2.71. The number of nitrogens with one attached hydrogen (secondary N) is 2. The van der Waals surface area contributed by atoms with Crippen LogP contribution >= 0.6 is 0 Å². The first-order valence-corrected chi connectivity index (χ1v) is 6.04. The van der Waals surface area contributed by atoms with E-state index >= 15 is 0 Å². The van der Waals surface area contributed by atoms with Crippen LogP contribution < -0.4 is 5.32 Å². The van der Waals surface area contributed by atoms with E-state index in [1.54, 1.807) is 12.4 Å². The van der Waals surface area contributed by atoms with Crippen LogP contribution in [0.2, 0.25) is 0 Å². The highest BCUT2D eigenvalue weighted by atomic mass is 16.1. The fraction of sp³-hybridized carbons (Fsp3) is 0.214. The lowest BCUT2D eigenvalue weighted by Crippen LogP contribution is -2.20. The zero-order chi connectivity index (χ0) is 13.7. The number of fused-ring (bicyclic) bond motifs is 1. The largest absolute Gasteiger partial charge is 0.356 e. The van der Waals surface area contributed by atoms with Gasteiger partial charge < -0.3 is 10.3 Å². The van der Waals surface area contributed by atoms with E-state index in [0.717, 1.165) is 23.7 Å². The lowest BCUT2D eigenvalue weighted by atomic mass is 10.1. The van der Waals surface area contributed by atoms with Crippen LogP contribution in [0.4, 0.5) is 0 Å². The van der Waals surface area contributed by atoms with Crippen molar-refractivity contribution in [2.45, 2.75) is 13.3 Å². The Hall–Kier alpha value is -2.43. The van der Waals surface area contributed by atoms with Crippen LogP contribution in [0.25, 0.3) is 17.1 Å². The maximum Gasteiger partial charge on any atom is 0.216 e. The van der Waals surface area contributed by atoms with Gasteiger partial charge in [-0.25, -0.2) is 4.98 Å².